The molecule has 1 aliphatic rings. The minimum absolute atomic E-state index is 0.0457. The fourth-order valence-electron chi connectivity index (χ4n) is 2.83. The predicted octanol–water partition coefficient (Wildman–Crippen LogP) is 3.08. The van der Waals surface area contributed by atoms with Crippen molar-refractivity contribution in [1.82, 2.24) is 9.88 Å². The van der Waals surface area contributed by atoms with E-state index in [-0.39, 0.29) is 12.0 Å². The molecule has 0 N–H and O–H groups in total. The second-order valence-electron chi connectivity index (χ2n) is 5.98. The lowest BCUT2D eigenvalue weighted by atomic mass is 10.1. The van der Waals surface area contributed by atoms with Crippen LogP contribution in [0.3, 0.4) is 0 Å². The van der Waals surface area contributed by atoms with E-state index in [9.17, 15) is 4.79 Å². The zero-order valence-corrected chi connectivity index (χ0v) is 14.1. The summed E-state index contributed by atoms with van der Waals surface area (Å²) in [5.41, 5.74) is 1.64. The van der Waals surface area contributed by atoms with Crippen molar-refractivity contribution < 1.29 is 14.3 Å². The normalized spacial score (nSPS) is 15.2. The summed E-state index contributed by atoms with van der Waals surface area (Å²) in [5.74, 6) is 1.54. The molecule has 24 heavy (non-hydrogen) atoms. The number of carbonyl (C=O) groups is 1. The Morgan fingerprint density at radius 1 is 1.17 bits per heavy atom. The molecule has 5 heteroatoms. The molecule has 1 fully saturated rings. The maximum Gasteiger partial charge on any atom is 0.253 e. The van der Waals surface area contributed by atoms with Gasteiger partial charge in [-0.3, -0.25) is 9.78 Å². The third-order valence-electron chi connectivity index (χ3n) is 4.23. The first-order valence-corrected chi connectivity index (χ1v) is 8.18. The zero-order chi connectivity index (χ0) is 16.9. The van der Waals surface area contributed by atoms with Gasteiger partial charge in [-0.05, 0) is 37.3 Å². The molecule has 0 atom stereocenters. The number of amides is 1. The quantitative estimate of drug-likeness (QED) is 0.866. The average molecular weight is 326 g/mol. The van der Waals surface area contributed by atoms with Crippen LogP contribution in [-0.4, -0.2) is 42.1 Å². The van der Waals surface area contributed by atoms with Crippen molar-refractivity contribution in [3.8, 4) is 11.5 Å². The molecule has 0 radical (unpaired) electrons. The first-order valence-electron chi connectivity index (χ1n) is 8.18. The minimum atomic E-state index is 0.0457. The minimum Gasteiger partial charge on any atom is -0.497 e. The number of hydrogen-bond acceptors (Lipinski definition) is 4. The SMILES string of the molecule is COc1cccc(C(=O)N2CCC(Oc3ccc(C)nc3)CC2)c1. The lowest BCUT2D eigenvalue weighted by Gasteiger charge is -2.32. The van der Waals surface area contributed by atoms with E-state index in [0.717, 1.165) is 24.3 Å². The van der Waals surface area contributed by atoms with Crippen LogP contribution in [0.1, 0.15) is 28.9 Å². The molecule has 3 rings (SSSR count). The summed E-state index contributed by atoms with van der Waals surface area (Å²) in [5, 5.41) is 0. The van der Waals surface area contributed by atoms with E-state index < -0.39 is 0 Å². The number of aryl methyl sites for hydroxylation is 1. The molecule has 0 spiro atoms. The average Bonchev–Trinajstić information content (AvgIpc) is 2.64. The molecule has 2 heterocycles. The second-order valence-corrected chi connectivity index (χ2v) is 5.98. The first kappa shape index (κ1) is 16.3. The molecule has 1 aromatic carbocycles. The van der Waals surface area contributed by atoms with Crippen LogP contribution < -0.4 is 9.47 Å². The number of nitrogens with zero attached hydrogens (tertiary/aromatic N) is 2. The Morgan fingerprint density at radius 2 is 1.96 bits per heavy atom. The van der Waals surface area contributed by atoms with Crippen molar-refractivity contribution in [3.05, 3.63) is 53.9 Å². The molecule has 5 nitrogen and oxygen atoms in total. The standard InChI is InChI=1S/C19H22N2O3/c1-14-6-7-18(13-20-14)24-16-8-10-21(11-9-16)19(22)15-4-3-5-17(12-15)23-2/h3-7,12-13,16H,8-11H2,1-2H3. The summed E-state index contributed by atoms with van der Waals surface area (Å²) in [7, 11) is 1.60. The van der Waals surface area contributed by atoms with Crippen molar-refractivity contribution >= 4 is 5.91 Å². The summed E-state index contributed by atoms with van der Waals surface area (Å²) in [6, 6.07) is 11.2. The smallest absolute Gasteiger partial charge is 0.253 e. The Balaban J connectivity index is 1.56. The topological polar surface area (TPSA) is 51.7 Å². The van der Waals surface area contributed by atoms with Crippen LogP contribution in [0.15, 0.2) is 42.6 Å². The molecule has 0 saturated carbocycles. The summed E-state index contributed by atoms with van der Waals surface area (Å²) >= 11 is 0. The van der Waals surface area contributed by atoms with Gasteiger partial charge >= 0.3 is 0 Å². The molecule has 1 saturated heterocycles. The van der Waals surface area contributed by atoms with E-state index in [0.29, 0.717) is 24.4 Å². The second kappa shape index (κ2) is 7.34. The molecular weight excluding hydrogens is 304 g/mol. The van der Waals surface area contributed by atoms with Crippen LogP contribution in [-0.2, 0) is 0 Å². The summed E-state index contributed by atoms with van der Waals surface area (Å²) in [6.45, 7) is 3.34. The van der Waals surface area contributed by atoms with E-state index in [1.807, 2.05) is 42.2 Å². The Hall–Kier alpha value is -2.56. The number of carbonyl (C=O) groups excluding carboxylic acids is 1. The Labute approximate surface area is 142 Å². The Morgan fingerprint density at radius 3 is 2.62 bits per heavy atom. The van der Waals surface area contributed by atoms with Crippen LogP contribution in [0, 0.1) is 6.92 Å². The number of benzene rings is 1. The van der Waals surface area contributed by atoms with Crippen molar-refractivity contribution in [2.75, 3.05) is 20.2 Å². The Bertz CT molecular complexity index is 692. The number of piperidine rings is 1. The Kier molecular flexibility index (Phi) is 4.99. The number of pyridine rings is 1. The van der Waals surface area contributed by atoms with Crippen LogP contribution in [0.5, 0.6) is 11.5 Å². The summed E-state index contributed by atoms with van der Waals surface area (Å²) < 4.78 is 11.1. The van der Waals surface area contributed by atoms with Gasteiger partial charge in [0, 0.05) is 37.2 Å². The first-order chi connectivity index (χ1) is 11.7. The highest BCUT2D eigenvalue weighted by Crippen LogP contribution is 2.21. The fourth-order valence-corrected chi connectivity index (χ4v) is 2.83. The van der Waals surface area contributed by atoms with Gasteiger partial charge in [0.2, 0.25) is 0 Å². The van der Waals surface area contributed by atoms with Gasteiger partial charge in [0.05, 0.1) is 13.3 Å². The highest BCUT2D eigenvalue weighted by molar-refractivity contribution is 5.94. The molecule has 126 valence electrons. The van der Waals surface area contributed by atoms with Gasteiger partial charge in [0.15, 0.2) is 0 Å². The maximum absolute atomic E-state index is 12.6. The van der Waals surface area contributed by atoms with Crippen LogP contribution >= 0.6 is 0 Å². The summed E-state index contributed by atoms with van der Waals surface area (Å²) in [6.07, 6.45) is 3.53. The lowest BCUT2D eigenvalue weighted by Crippen LogP contribution is -2.41. The third kappa shape index (κ3) is 3.85. The molecular formula is C19H22N2O3. The number of aromatic nitrogens is 1. The van der Waals surface area contributed by atoms with Gasteiger partial charge in [-0.1, -0.05) is 6.07 Å². The molecule has 2 aromatic rings. The number of methoxy groups -OCH3 is 1. The van der Waals surface area contributed by atoms with Crippen LogP contribution in [0.2, 0.25) is 0 Å². The molecule has 1 aliphatic heterocycles. The van der Waals surface area contributed by atoms with Crippen molar-refractivity contribution in [1.29, 1.82) is 0 Å². The van der Waals surface area contributed by atoms with Gasteiger partial charge in [0.25, 0.3) is 5.91 Å². The highest BCUT2D eigenvalue weighted by Gasteiger charge is 2.25. The van der Waals surface area contributed by atoms with E-state index in [1.54, 1.807) is 19.4 Å². The van der Waals surface area contributed by atoms with Gasteiger partial charge < -0.3 is 14.4 Å². The third-order valence-corrected chi connectivity index (χ3v) is 4.23. The van der Waals surface area contributed by atoms with Crippen LogP contribution in [0.25, 0.3) is 0 Å². The maximum atomic E-state index is 12.6. The fraction of sp³-hybridized carbons (Fsp3) is 0.368. The highest BCUT2D eigenvalue weighted by atomic mass is 16.5. The van der Waals surface area contributed by atoms with E-state index in [1.165, 1.54) is 0 Å². The van der Waals surface area contributed by atoms with E-state index >= 15 is 0 Å². The number of rotatable bonds is 4. The molecule has 1 aromatic heterocycles. The largest absolute Gasteiger partial charge is 0.497 e. The summed E-state index contributed by atoms with van der Waals surface area (Å²) in [4.78, 5) is 18.7. The van der Waals surface area contributed by atoms with Crippen molar-refractivity contribution in [2.45, 2.75) is 25.9 Å². The van der Waals surface area contributed by atoms with Crippen LogP contribution in [0.4, 0.5) is 0 Å². The van der Waals surface area contributed by atoms with Gasteiger partial charge in [-0.15, -0.1) is 0 Å². The molecule has 0 unspecified atom stereocenters. The van der Waals surface area contributed by atoms with Gasteiger partial charge in [0.1, 0.15) is 17.6 Å². The van der Waals surface area contributed by atoms with Crippen molar-refractivity contribution in [3.63, 3.8) is 0 Å². The zero-order valence-electron chi connectivity index (χ0n) is 14.1. The number of ether oxygens (including phenoxy) is 2. The van der Waals surface area contributed by atoms with E-state index in [4.69, 9.17) is 9.47 Å². The monoisotopic (exact) mass is 326 g/mol. The van der Waals surface area contributed by atoms with E-state index in [2.05, 4.69) is 4.98 Å². The predicted molar refractivity (Wildman–Crippen MR) is 91.5 cm³/mol. The molecule has 0 bridgehead atoms. The molecule has 0 aliphatic carbocycles. The van der Waals surface area contributed by atoms with Gasteiger partial charge in [-0.25, -0.2) is 0 Å². The molecule has 1 amide bonds. The van der Waals surface area contributed by atoms with Crippen molar-refractivity contribution in [2.24, 2.45) is 0 Å². The van der Waals surface area contributed by atoms with Gasteiger partial charge in [-0.2, -0.15) is 0 Å². The number of likely N-dealkylation sites (tertiary alicyclic amines) is 1. The lowest BCUT2D eigenvalue weighted by molar-refractivity contribution is 0.0594. The number of hydrogen-bond donors (Lipinski definition) is 0.